The fourth-order valence-electron chi connectivity index (χ4n) is 2.61. The first-order valence-corrected chi connectivity index (χ1v) is 8.04. The molecule has 1 aromatic rings. The number of carbonyl (C=O) groups is 3. The Kier molecular flexibility index (Phi) is 5.24. The largest absolute Gasteiger partial charge is 0.465 e. The fraction of sp³-hybridized carbons (Fsp3) is 0.438. The van der Waals surface area contributed by atoms with Gasteiger partial charge in [-0.3, -0.25) is 9.59 Å². The van der Waals surface area contributed by atoms with E-state index >= 15 is 0 Å². The molecule has 1 amide bonds. The number of aryl methyl sites for hydroxylation is 1. The fourth-order valence-corrected chi connectivity index (χ4v) is 3.30. The molecule has 5 nitrogen and oxygen atoms in total. The highest BCUT2D eigenvalue weighted by Gasteiger charge is 2.33. The lowest BCUT2D eigenvalue weighted by molar-refractivity contribution is -0.117. The van der Waals surface area contributed by atoms with Gasteiger partial charge in [0.2, 0.25) is 5.91 Å². The number of benzene rings is 1. The monoisotopic (exact) mass is 321 g/mol. The average molecular weight is 321 g/mol. The third-order valence-corrected chi connectivity index (χ3v) is 4.70. The smallest absolute Gasteiger partial charge is 0.340 e. The van der Waals surface area contributed by atoms with Crippen molar-refractivity contribution in [3.8, 4) is 0 Å². The van der Waals surface area contributed by atoms with Crippen LogP contribution in [0.4, 0.5) is 5.69 Å². The van der Waals surface area contributed by atoms with E-state index < -0.39 is 5.97 Å². The topological polar surface area (TPSA) is 63.7 Å². The zero-order chi connectivity index (χ0) is 16.3. The first kappa shape index (κ1) is 16.5. The molecule has 1 aliphatic heterocycles. The summed E-state index contributed by atoms with van der Waals surface area (Å²) in [4.78, 5) is 37.0. The zero-order valence-corrected chi connectivity index (χ0v) is 13.7. The Morgan fingerprint density at radius 1 is 1.41 bits per heavy atom. The maximum Gasteiger partial charge on any atom is 0.340 e. The Labute approximate surface area is 134 Å². The van der Waals surface area contributed by atoms with Crippen LogP contribution in [0.25, 0.3) is 0 Å². The molecule has 2 rings (SSSR count). The van der Waals surface area contributed by atoms with Gasteiger partial charge in [-0.05, 0) is 24.5 Å². The predicted octanol–water partition coefficient (Wildman–Crippen LogP) is 2.41. The van der Waals surface area contributed by atoms with Crippen molar-refractivity contribution < 1.29 is 19.1 Å². The molecule has 0 radical (unpaired) electrons. The number of thioether (sulfide) groups is 1. The summed E-state index contributed by atoms with van der Waals surface area (Å²) in [6.45, 7) is 3.86. The van der Waals surface area contributed by atoms with Gasteiger partial charge in [0.25, 0.3) is 0 Å². The summed E-state index contributed by atoms with van der Waals surface area (Å²) in [5, 5.41) is 0.0525. The van der Waals surface area contributed by atoms with Crippen molar-refractivity contribution in [2.24, 2.45) is 5.92 Å². The lowest BCUT2D eigenvalue weighted by Crippen LogP contribution is -2.27. The zero-order valence-electron chi connectivity index (χ0n) is 12.9. The van der Waals surface area contributed by atoms with E-state index in [4.69, 9.17) is 4.74 Å². The molecule has 0 N–H and O–H groups in total. The number of rotatable bonds is 4. The molecule has 1 aliphatic rings. The second kappa shape index (κ2) is 6.96. The molecule has 0 spiro atoms. The molecular weight excluding hydrogens is 302 g/mol. The Morgan fingerprint density at radius 2 is 2.14 bits per heavy atom. The average Bonchev–Trinajstić information content (AvgIpc) is 2.85. The van der Waals surface area contributed by atoms with Gasteiger partial charge < -0.3 is 9.64 Å². The number of carbonyl (C=O) groups excluding carboxylic acids is 3. The maximum absolute atomic E-state index is 12.3. The molecule has 0 saturated carbocycles. The molecule has 1 aromatic carbocycles. The minimum atomic E-state index is -0.442. The molecule has 1 heterocycles. The molecule has 0 aliphatic carbocycles. The summed E-state index contributed by atoms with van der Waals surface area (Å²) >= 11 is 1.24. The quantitative estimate of drug-likeness (QED) is 0.797. The van der Waals surface area contributed by atoms with E-state index in [2.05, 4.69) is 0 Å². The molecule has 1 saturated heterocycles. The summed E-state index contributed by atoms with van der Waals surface area (Å²) in [5.41, 5.74) is 1.80. The molecule has 1 atom stereocenters. The number of methoxy groups -OCH3 is 1. The van der Waals surface area contributed by atoms with Crippen LogP contribution in [0.1, 0.15) is 29.3 Å². The Hall–Kier alpha value is -1.82. The molecule has 6 heteroatoms. The van der Waals surface area contributed by atoms with Crippen LogP contribution in [0.2, 0.25) is 0 Å². The van der Waals surface area contributed by atoms with E-state index in [-0.39, 0.29) is 16.9 Å². The van der Waals surface area contributed by atoms with Gasteiger partial charge in [-0.1, -0.05) is 23.9 Å². The van der Waals surface area contributed by atoms with Gasteiger partial charge in [0.15, 0.2) is 5.12 Å². The highest BCUT2D eigenvalue weighted by molar-refractivity contribution is 8.13. The minimum Gasteiger partial charge on any atom is -0.465 e. The first-order valence-electron chi connectivity index (χ1n) is 7.05. The number of amides is 1. The van der Waals surface area contributed by atoms with Crippen LogP contribution in [0, 0.1) is 12.8 Å². The van der Waals surface area contributed by atoms with Crippen molar-refractivity contribution in [2.75, 3.05) is 24.3 Å². The van der Waals surface area contributed by atoms with Crippen molar-refractivity contribution in [1.82, 2.24) is 0 Å². The Balaban J connectivity index is 2.25. The first-order chi connectivity index (χ1) is 10.4. The van der Waals surface area contributed by atoms with Crippen molar-refractivity contribution in [1.29, 1.82) is 0 Å². The van der Waals surface area contributed by atoms with Crippen LogP contribution in [0.15, 0.2) is 18.2 Å². The Bertz CT molecular complexity index is 614. The maximum atomic E-state index is 12.3. The number of esters is 1. The minimum absolute atomic E-state index is 0.0232. The van der Waals surface area contributed by atoms with Crippen LogP contribution in [-0.2, 0) is 14.3 Å². The van der Waals surface area contributed by atoms with Gasteiger partial charge in [-0.25, -0.2) is 4.79 Å². The Morgan fingerprint density at radius 3 is 2.77 bits per heavy atom. The summed E-state index contributed by atoms with van der Waals surface area (Å²) in [5.74, 6) is 0.275. The van der Waals surface area contributed by atoms with E-state index in [1.807, 2.05) is 19.1 Å². The van der Waals surface area contributed by atoms with E-state index in [0.717, 1.165) is 5.56 Å². The van der Waals surface area contributed by atoms with Gasteiger partial charge in [-0.15, -0.1) is 0 Å². The van der Waals surface area contributed by atoms with Gasteiger partial charge in [0.05, 0.1) is 18.4 Å². The molecular formula is C16H19NO4S. The molecule has 1 fully saturated rings. The third kappa shape index (κ3) is 3.50. The van der Waals surface area contributed by atoms with Crippen LogP contribution < -0.4 is 4.90 Å². The van der Waals surface area contributed by atoms with E-state index in [0.29, 0.717) is 30.0 Å². The third-order valence-electron chi connectivity index (χ3n) is 3.66. The standard InChI is InChI=1S/C16H19NO4S/c1-10-5-4-6-13(15(10)16(20)21-3)17-8-12(7-14(17)19)9-22-11(2)18/h4-6,12H,7-9H2,1-3H3. The number of ether oxygens (including phenoxy) is 1. The molecule has 118 valence electrons. The summed E-state index contributed by atoms with van der Waals surface area (Å²) in [7, 11) is 1.33. The predicted molar refractivity (Wildman–Crippen MR) is 86.1 cm³/mol. The van der Waals surface area contributed by atoms with Crippen molar-refractivity contribution in [3.63, 3.8) is 0 Å². The lowest BCUT2D eigenvalue weighted by Gasteiger charge is -2.20. The molecule has 0 bridgehead atoms. The van der Waals surface area contributed by atoms with Gasteiger partial charge in [0.1, 0.15) is 0 Å². The second-order valence-electron chi connectivity index (χ2n) is 5.34. The number of anilines is 1. The summed E-state index contributed by atoms with van der Waals surface area (Å²) in [6.07, 6.45) is 0.398. The van der Waals surface area contributed by atoms with Crippen molar-refractivity contribution in [3.05, 3.63) is 29.3 Å². The van der Waals surface area contributed by atoms with Crippen molar-refractivity contribution in [2.45, 2.75) is 20.3 Å². The molecule has 1 unspecified atom stereocenters. The van der Waals surface area contributed by atoms with E-state index in [1.54, 1.807) is 11.0 Å². The van der Waals surface area contributed by atoms with Crippen LogP contribution >= 0.6 is 11.8 Å². The number of hydrogen-bond acceptors (Lipinski definition) is 5. The second-order valence-corrected chi connectivity index (χ2v) is 6.53. The van der Waals surface area contributed by atoms with Gasteiger partial charge in [0, 0.05) is 25.6 Å². The lowest BCUT2D eigenvalue weighted by atomic mass is 10.1. The summed E-state index contributed by atoms with van der Waals surface area (Å²) in [6, 6.07) is 5.40. The molecule has 0 aromatic heterocycles. The van der Waals surface area contributed by atoms with Crippen LogP contribution in [-0.4, -0.2) is 36.4 Å². The highest BCUT2D eigenvalue weighted by atomic mass is 32.2. The van der Waals surface area contributed by atoms with Gasteiger partial charge >= 0.3 is 5.97 Å². The normalized spacial score (nSPS) is 17.7. The van der Waals surface area contributed by atoms with E-state index in [1.165, 1.54) is 25.8 Å². The number of nitrogens with zero attached hydrogens (tertiary/aromatic N) is 1. The summed E-state index contributed by atoms with van der Waals surface area (Å²) < 4.78 is 4.83. The van der Waals surface area contributed by atoms with Gasteiger partial charge in [-0.2, -0.15) is 0 Å². The van der Waals surface area contributed by atoms with Crippen LogP contribution in [0.5, 0.6) is 0 Å². The van der Waals surface area contributed by atoms with Crippen molar-refractivity contribution >= 4 is 34.4 Å². The molecule has 22 heavy (non-hydrogen) atoms. The highest BCUT2D eigenvalue weighted by Crippen LogP contribution is 2.31. The van der Waals surface area contributed by atoms with Crippen LogP contribution in [0.3, 0.4) is 0 Å². The SMILES string of the molecule is COC(=O)c1c(C)cccc1N1CC(CSC(C)=O)CC1=O. The number of hydrogen-bond donors (Lipinski definition) is 0. The van der Waals surface area contributed by atoms with E-state index in [9.17, 15) is 14.4 Å².